The van der Waals surface area contributed by atoms with E-state index in [1.165, 1.54) is 26.4 Å². The molecule has 1 N–H and O–H groups in total. The number of ether oxygens (including phenoxy) is 3. The van der Waals surface area contributed by atoms with Crippen LogP contribution in [0.5, 0.6) is 11.5 Å². The van der Waals surface area contributed by atoms with Crippen LogP contribution in [0.15, 0.2) is 36.4 Å². The van der Waals surface area contributed by atoms with E-state index in [1.54, 1.807) is 12.1 Å². The molecule has 2 aromatic rings. The number of nitrogens with one attached hydrogen (secondary N) is 1. The molecule has 0 saturated heterocycles. The van der Waals surface area contributed by atoms with Gasteiger partial charge in [-0.2, -0.15) is 0 Å². The van der Waals surface area contributed by atoms with E-state index < -0.39 is 11.9 Å². The van der Waals surface area contributed by atoms with Gasteiger partial charge in [0.2, 0.25) is 0 Å². The van der Waals surface area contributed by atoms with E-state index >= 15 is 0 Å². The predicted molar refractivity (Wildman–Crippen MR) is 109 cm³/mol. The molecule has 0 saturated carbocycles. The third-order valence-corrected chi connectivity index (χ3v) is 4.16. The largest absolute Gasteiger partial charge is 0.493 e. The highest BCUT2D eigenvalue weighted by Gasteiger charge is 2.11. The summed E-state index contributed by atoms with van der Waals surface area (Å²) in [6, 6.07) is 9.02. The third kappa shape index (κ3) is 5.76. The molecule has 0 heterocycles. The fourth-order valence-corrected chi connectivity index (χ4v) is 2.74. The Morgan fingerprint density at radius 2 is 1.86 bits per heavy atom. The predicted octanol–water partition coefficient (Wildman–Crippen LogP) is 4.17. The lowest BCUT2D eigenvalue weighted by molar-refractivity contribution is -0.142. The summed E-state index contributed by atoms with van der Waals surface area (Å²) >= 11 is 6.12. The smallest absolute Gasteiger partial charge is 0.331 e. The number of amides is 1. The normalized spacial score (nSPS) is 10.6. The molecule has 148 valence electrons. The van der Waals surface area contributed by atoms with E-state index in [-0.39, 0.29) is 6.61 Å². The Labute approximate surface area is 169 Å². The number of anilines is 1. The lowest BCUT2D eigenvalue weighted by atomic mass is 10.1. The first kappa shape index (κ1) is 21.3. The molecular weight excluding hydrogens is 382 g/mol. The SMILES string of the molecule is COc1cc(/C=C/C(=O)OCC(=O)Nc2cc(C)ccc2C)cc(Cl)c1OC. The van der Waals surface area contributed by atoms with Crippen LogP contribution >= 0.6 is 11.6 Å². The van der Waals surface area contributed by atoms with Gasteiger partial charge in [0.25, 0.3) is 5.91 Å². The Morgan fingerprint density at radius 1 is 1.11 bits per heavy atom. The van der Waals surface area contributed by atoms with Gasteiger partial charge in [-0.3, -0.25) is 4.79 Å². The summed E-state index contributed by atoms with van der Waals surface area (Å²) in [7, 11) is 2.98. The summed E-state index contributed by atoms with van der Waals surface area (Å²) in [5, 5.41) is 3.08. The number of aryl methyl sites for hydroxylation is 2. The van der Waals surface area contributed by atoms with Crippen LogP contribution in [0, 0.1) is 13.8 Å². The van der Waals surface area contributed by atoms with E-state index in [2.05, 4.69) is 5.32 Å². The monoisotopic (exact) mass is 403 g/mol. The number of hydrogen-bond donors (Lipinski definition) is 1. The van der Waals surface area contributed by atoms with Crippen molar-refractivity contribution in [3.63, 3.8) is 0 Å². The van der Waals surface area contributed by atoms with Gasteiger partial charge >= 0.3 is 5.97 Å². The minimum atomic E-state index is -0.651. The van der Waals surface area contributed by atoms with Crippen LogP contribution in [0.25, 0.3) is 6.08 Å². The number of carbonyl (C=O) groups is 2. The molecule has 7 heteroatoms. The van der Waals surface area contributed by atoms with Crippen LogP contribution < -0.4 is 14.8 Å². The van der Waals surface area contributed by atoms with Crippen molar-refractivity contribution < 1.29 is 23.8 Å². The van der Waals surface area contributed by atoms with Crippen LogP contribution in [-0.4, -0.2) is 32.7 Å². The van der Waals surface area contributed by atoms with Crippen LogP contribution in [0.4, 0.5) is 5.69 Å². The maximum atomic E-state index is 12.0. The summed E-state index contributed by atoms with van der Waals surface area (Å²) in [6.45, 7) is 3.43. The topological polar surface area (TPSA) is 73.9 Å². The fraction of sp³-hybridized carbons (Fsp3) is 0.238. The summed E-state index contributed by atoms with van der Waals surface area (Å²) < 4.78 is 15.3. The number of carbonyl (C=O) groups excluding carboxylic acids is 2. The van der Waals surface area contributed by atoms with Crippen LogP contribution in [0.2, 0.25) is 5.02 Å². The average molecular weight is 404 g/mol. The number of hydrogen-bond acceptors (Lipinski definition) is 5. The van der Waals surface area contributed by atoms with Crippen molar-refractivity contribution in [2.45, 2.75) is 13.8 Å². The Morgan fingerprint density at radius 3 is 2.54 bits per heavy atom. The molecule has 2 aromatic carbocycles. The van der Waals surface area contributed by atoms with E-state index in [0.29, 0.717) is 27.8 Å². The van der Waals surface area contributed by atoms with Gasteiger partial charge in [0.05, 0.1) is 19.2 Å². The second kappa shape index (κ2) is 9.80. The number of methoxy groups -OCH3 is 2. The molecule has 0 aliphatic heterocycles. The van der Waals surface area contributed by atoms with Gasteiger partial charge in [0.15, 0.2) is 18.1 Å². The summed E-state index contributed by atoms with van der Waals surface area (Å²) in [5.74, 6) is -0.213. The molecule has 6 nitrogen and oxygen atoms in total. The zero-order valence-electron chi connectivity index (χ0n) is 16.2. The number of esters is 1. The molecule has 0 bridgehead atoms. The molecule has 2 rings (SSSR count). The fourth-order valence-electron chi connectivity index (χ4n) is 2.44. The first-order valence-electron chi connectivity index (χ1n) is 8.47. The van der Waals surface area contributed by atoms with Crippen molar-refractivity contribution in [2.75, 3.05) is 26.1 Å². The molecule has 0 spiro atoms. The molecule has 1 amide bonds. The molecule has 0 radical (unpaired) electrons. The molecule has 0 fully saturated rings. The van der Waals surface area contributed by atoms with Crippen molar-refractivity contribution in [1.82, 2.24) is 0 Å². The van der Waals surface area contributed by atoms with E-state index in [9.17, 15) is 9.59 Å². The molecule has 0 aliphatic rings. The molecule has 0 atom stereocenters. The zero-order chi connectivity index (χ0) is 20.7. The van der Waals surface area contributed by atoms with E-state index in [1.807, 2.05) is 32.0 Å². The second-order valence-corrected chi connectivity index (χ2v) is 6.45. The van der Waals surface area contributed by atoms with E-state index in [0.717, 1.165) is 11.1 Å². The number of halogens is 1. The molecule has 28 heavy (non-hydrogen) atoms. The number of rotatable bonds is 7. The Bertz CT molecular complexity index is 908. The summed E-state index contributed by atoms with van der Waals surface area (Å²) in [6.07, 6.45) is 2.72. The van der Waals surface area contributed by atoms with Crippen LogP contribution in [0.1, 0.15) is 16.7 Å². The zero-order valence-corrected chi connectivity index (χ0v) is 16.9. The number of benzene rings is 2. The first-order chi connectivity index (χ1) is 13.3. The van der Waals surface area contributed by atoms with Crippen molar-refractivity contribution >= 4 is 35.2 Å². The van der Waals surface area contributed by atoms with Gasteiger partial charge in [-0.15, -0.1) is 0 Å². The van der Waals surface area contributed by atoms with Gasteiger partial charge in [0.1, 0.15) is 0 Å². The van der Waals surface area contributed by atoms with Crippen molar-refractivity contribution in [3.05, 3.63) is 58.1 Å². The average Bonchev–Trinajstić information content (AvgIpc) is 2.67. The van der Waals surface area contributed by atoms with Crippen LogP contribution in [0.3, 0.4) is 0 Å². The molecular formula is C21H22ClNO5. The highest BCUT2D eigenvalue weighted by molar-refractivity contribution is 6.32. The van der Waals surface area contributed by atoms with Gasteiger partial charge in [-0.1, -0.05) is 23.7 Å². The van der Waals surface area contributed by atoms with Crippen molar-refractivity contribution in [1.29, 1.82) is 0 Å². The van der Waals surface area contributed by atoms with Gasteiger partial charge in [0, 0.05) is 11.8 Å². The first-order valence-corrected chi connectivity index (χ1v) is 8.85. The maximum Gasteiger partial charge on any atom is 0.331 e. The molecule has 0 aromatic heterocycles. The summed E-state index contributed by atoms with van der Waals surface area (Å²) in [5.41, 5.74) is 3.26. The third-order valence-electron chi connectivity index (χ3n) is 3.88. The Kier molecular flexibility index (Phi) is 7.46. The van der Waals surface area contributed by atoms with Gasteiger partial charge in [-0.25, -0.2) is 4.79 Å². The highest BCUT2D eigenvalue weighted by atomic mass is 35.5. The maximum absolute atomic E-state index is 12.0. The Balaban J connectivity index is 1.94. The quantitative estimate of drug-likeness (QED) is 0.554. The van der Waals surface area contributed by atoms with Crippen molar-refractivity contribution in [2.24, 2.45) is 0 Å². The van der Waals surface area contributed by atoms with Gasteiger partial charge < -0.3 is 19.5 Å². The van der Waals surface area contributed by atoms with E-state index in [4.69, 9.17) is 25.8 Å². The molecule has 0 aliphatic carbocycles. The van der Waals surface area contributed by atoms with Crippen molar-refractivity contribution in [3.8, 4) is 11.5 Å². The highest BCUT2D eigenvalue weighted by Crippen LogP contribution is 2.36. The molecule has 0 unspecified atom stereocenters. The second-order valence-electron chi connectivity index (χ2n) is 6.05. The lowest BCUT2D eigenvalue weighted by Crippen LogP contribution is -2.20. The lowest BCUT2D eigenvalue weighted by Gasteiger charge is -2.10. The Hall–Kier alpha value is -2.99. The minimum absolute atomic E-state index is 0.350. The minimum Gasteiger partial charge on any atom is -0.493 e. The standard InChI is InChI=1S/C21H22ClNO5/c1-13-5-6-14(2)17(9-13)23-19(24)12-28-20(25)8-7-15-10-16(22)21(27-4)18(11-15)26-3/h5-11H,12H2,1-4H3,(H,23,24)/b8-7+. The summed E-state index contributed by atoms with van der Waals surface area (Å²) in [4.78, 5) is 23.9. The van der Waals surface area contributed by atoms with Crippen LogP contribution in [-0.2, 0) is 14.3 Å². The van der Waals surface area contributed by atoms with Gasteiger partial charge in [-0.05, 0) is 54.8 Å².